The molecule has 0 bridgehead atoms. The molecule has 2 fully saturated rings. The van der Waals surface area contributed by atoms with Crippen LogP contribution in [0.5, 0.6) is 0 Å². The predicted molar refractivity (Wildman–Crippen MR) is 90.0 cm³/mol. The summed E-state index contributed by atoms with van der Waals surface area (Å²) in [6.07, 6.45) is 5.03. The van der Waals surface area contributed by atoms with Gasteiger partial charge in [0.1, 0.15) is 11.5 Å². The first-order chi connectivity index (χ1) is 11.3. The lowest BCUT2D eigenvalue weighted by atomic mass is 9.98. The summed E-state index contributed by atoms with van der Waals surface area (Å²) in [6.45, 7) is 4.78. The molecule has 7 nitrogen and oxygen atoms in total. The van der Waals surface area contributed by atoms with Gasteiger partial charge in [-0.05, 0) is 30.7 Å². The third kappa shape index (κ3) is 3.75. The van der Waals surface area contributed by atoms with Crippen LogP contribution in [0.25, 0.3) is 0 Å². The van der Waals surface area contributed by atoms with Crippen molar-refractivity contribution in [3.05, 3.63) is 23.8 Å². The van der Waals surface area contributed by atoms with E-state index in [4.69, 9.17) is 0 Å². The highest BCUT2D eigenvalue weighted by atomic mass is 32.2. The van der Waals surface area contributed by atoms with Gasteiger partial charge in [-0.3, -0.25) is 4.79 Å². The lowest BCUT2D eigenvalue weighted by Crippen LogP contribution is -2.42. The molecular formula is C16H24N4O3S. The predicted octanol–water partition coefficient (Wildman–Crippen LogP) is 1.000. The van der Waals surface area contributed by atoms with Crippen molar-refractivity contribution in [3.8, 4) is 0 Å². The summed E-state index contributed by atoms with van der Waals surface area (Å²) < 4.78 is 25.1. The van der Waals surface area contributed by atoms with Gasteiger partial charge in [0.15, 0.2) is 0 Å². The SMILES string of the molecule is CC(C)c1nccc(C(=O)N[C@@H]2CN(S(C)(=O)=O)C[C@H]2C2CC2)n1. The molecule has 8 heteroatoms. The fourth-order valence-electron chi connectivity index (χ4n) is 3.24. The smallest absolute Gasteiger partial charge is 0.270 e. The maximum absolute atomic E-state index is 12.6. The molecule has 2 aliphatic rings. The third-order valence-corrected chi connectivity index (χ3v) is 6.00. The number of amides is 1. The van der Waals surface area contributed by atoms with Gasteiger partial charge in [0.05, 0.1) is 6.26 Å². The van der Waals surface area contributed by atoms with Gasteiger partial charge in [-0.15, -0.1) is 0 Å². The molecule has 24 heavy (non-hydrogen) atoms. The van der Waals surface area contributed by atoms with E-state index < -0.39 is 10.0 Å². The third-order valence-electron chi connectivity index (χ3n) is 4.77. The van der Waals surface area contributed by atoms with E-state index in [1.54, 1.807) is 12.3 Å². The quantitative estimate of drug-likeness (QED) is 0.853. The summed E-state index contributed by atoms with van der Waals surface area (Å²) in [5, 5.41) is 3.00. The van der Waals surface area contributed by atoms with Crippen LogP contribution in [0.15, 0.2) is 12.3 Å². The first kappa shape index (κ1) is 17.3. The molecule has 0 unspecified atom stereocenters. The van der Waals surface area contributed by atoms with Gasteiger partial charge in [-0.1, -0.05) is 13.8 Å². The van der Waals surface area contributed by atoms with Crippen LogP contribution in [-0.4, -0.2) is 54.0 Å². The fraction of sp³-hybridized carbons (Fsp3) is 0.688. The minimum atomic E-state index is -3.24. The Balaban J connectivity index is 1.74. The largest absolute Gasteiger partial charge is 0.346 e. The number of aromatic nitrogens is 2. The average molecular weight is 352 g/mol. The molecule has 1 aromatic heterocycles. The van der Waals surface area contributed by atoms with E-state index in [-0.39, 0.29) is 23.8 Å². The molecule has 1 amide bonds. The van der Waals surface area contributed by atoms with Gasteiger partial charge in [0, 0.05) is 31.2 Å². The number of carbonyl (C=O) groups excluding carboxylic acids is 1. The number of hydrogen-bond donors (Lipinski definition) is 1. The van der Waals surface area contributed by atoms with E-state index in [0.717, 1.165) is 12.8 Å². The Labute approximate surface area is 142 Å². The Hall–Kier alpha value is -1.54. The number of rotatable bonds is 5. The maximum atomic E-state index is 12.6. The minimum Gasteiger partial charge on any atom is -0.346 e. The molecule has 2 heterocycles. The second kappa shape index (κ2) is 6.40. The van der Waals surface area contributed by atoms with Crippen molar-refractivity contribution in [2.75, 3.05) is 19.3 Å². The standard InChI is InChI=1S/C16H24N4O3S/c1-10(2)15-17-7-6-13(18-15)16(21)19-14-9-20(24(3,22)23)8-12(14)11-4-5-11/h6-7,10-12,14H,4-5,8-9H2,1-3H3,(H,19,21)/t12-,14+/m0/s1. The van der Waals surface area contributed by atoms with E-state index in [0.29, 0.717) is 30.5 Å². The molecule has 1 aliphatic carbocycles. The van der Waals surface area contributed by atoms with E-state index in [1.165, 1.54) is 10.6 Å². The van der Waals surface area contributed by atoms with Crippen molar-refractivity contribution in [1.82, 2.24) is 19.6 Å². The molecule has 1 saturated heterocycles. The van der Waals surface area contributed by atoms with Crippen LogP contribution in [-0.2, 0) is 10.0 Å². The lowest BCUT2D eigenvalue weighted by molar-refractivity contribution is 0.0923. The molecule has 1 aromatic rings. The highest BCUT2D eigenvalue weighted by Gasteiger charge is 2.45. The molecule has 132 valence electrons. The summed E-state index contributed by atoms with van der Waals surface area (Å²) in [7, 11) is -3.24. The molecule has 0 spiro atoms. The Morgan fingerprint density at radius 3 is 2.62 bits per heavy atom. The molecule has 1 N–H and O–H groups in total. The monoisotopic (exact) mass is 352 g/mol. The van der Waals surface area contributed by atoms with Crippen LogP contribution in [0.3, 0.4) is 0 Å². The molecule has 2 atom stereocenters. The Bertz CT molecular complexity index is 731. The number of nitrogens with zero attached hydrogens (tertiary/aromatic N) is 3. The Morgan fingerprint density at radius 1 is 1.33 bits per heavy atom. The fourth-order valence-corrected chi connectivity index (χ4v) is 4.11. The highest BCUT2D eigenvalue weighted by molar-refractivity contribution is 7.88. The van der Waals surface area contributed by atoms with Crippen LogP contribution in [0, 0.1) is 11.8 Å². The summed E-state index contributed by atoms with van der Waals surface area (Å²) >= 11 is 0. The number of nitrogens with one attached hydrogen (secondary N) is 1. The summed E-state index contributed by atoms with van der Waals surface area (Å²) in [5.74, 6) is 1.22. The van der Waals surface area contributed by atoms with Gasteiger partial charge in [-0.2, -0.15) is 4.31 Å². The first-order valence-electron chi connectivity index (χ1n) is 8.34. The van der Waals surface area contributed by atoms with Gasteiger partial charge < -0.3 is 5.32 Å². The van der Waals surface area contributed by atoms with Crippen LogP contribution in [0.1, 0.15) is 48.9 Å². The van der Waals surface area contributed by atoms with Crippen LogP contribution in [0.4, 0.5) is 0 Å². The molecule has 0 radical (unpaired) electrons. The maximum Gasteiger partial charge on any atom is 0.270 e. The number of sulfonamides is 1. The zero-order chi connectivity index (χ0) is 17.5. The van der Waals surface area contributed by atoms with E-state index >= 15 is 0 Å². The lowest BCUT2D eigenvalue weighted by Gasteiger charge is -2.19. The van der Waals surface area contributed by atoms with Crippen molar-refractivity contribution < 1.29 is 13.2 Å². The van der Waals surface area contributed by atoms with Crippen LogP contribution in [0.2, 0.25) is 0 Å². The topological polar surface area (TPSA) is 92.3 Å². The van der Waals surface area contributed by atoms with E-state index in [1.807, 2.05) is 13.8 Å². The molecule has 1 saturated carbocycles. The summed E-state index contributed by atoms with van der Waals surface area (Å²) in [6, 6.07) is 1.44. The van der Waals surface area contributed by atoms with E-state index in [2.05, 4.69) is 15.3 Å². The van der Waals surface area contributed by atoms with Gasteiger partial charge in [0.25, 0.3) is 5.91 Å². The van der Waals surface area contributed by atoms with Gasteiger partial charge in [0.2, 0.25) is 10.0 Å². The molecule has 3 rings (SSSR count). The Kier molecular flexibility index (Phi) is 4.61. The van der Waals surface area contributed by atoms with Crippen LogP contribution >= 0.6 is 0 Å². The van der Waals surface area contributed by atoms with Gasteiger partial charge >= 0.3 is 0 Å². The van der Waals surface area contributed by atoms with E-state index in [9.17, 15) is 13.2 Å². The second-order valence-corrected chi connectivity index (χ2v) is 9.10. The second-order valence-electron chi connectivity index (χ2n) is 7.12. The van der Waals surface area contributed by atoms with Crippen molar-refractivity contribution in [2.24, 2.45) is 11.8 Å². The molecular weight excluding hydrogens is 328 g/mol. The van der Waals surface area contributed by atoms with Crippen molar-refractivity contribution in [1.29, 1.82) is 0 Å². The summed E-state index contributed by atoms with van der Waals surface area (Å²) in [5.41, 5.74) is 0.334. The molecule has 1 aliphatic heterocycles. The normalized spacial score (nSPS) is 25.2. The zero-order valence-corrected chi connectivity index (χ0v) is 15.1. The van der Waals surface area contributed by atoms with Crippen molar-refractivity contribution >= 4 is 15.9 Å². The Morgan fingerprint density at radius 2 is 2.04 bits per heavy atom. The average Bonchev–Trinajstić information content (AvgIpc) is 3.27. The van der Waals surface area contributed by atoms with Crippen molar-refractivity contribution in [3.63, 3.8) is 0 Å². The zero-order valence-electron chi connectivity index (χ0n) is 14.3. The summed E-state index contributed by atoms with van der Waals surface area (Å²) in [4.78, 5) is 21.0. The number of carbonyl (C=O) groups is 1. The highest BCUT2D eigenvalue weighted by Crippen LogP contribution is 2.41. The van der Waals surface area contributed by atoms with Gasteiger partial charge in [-0.25, -0.2) is 18.4 Å². The van der Waals surface area contributed by atoms with Crippen molar-refractivity contribution in [2.45, 2.75) is 38.6 Å². The number of hydrogen-bond acceptors (Lipinski definition) is 5. The van der Waals surface area contributed by atoms with Crippen LogP contribution < -0.4 is 5.32 Å². The molecule has 0 aromatic carbocycles. The minimum absolute atomic E-state index is 0.143. The first-order valence-corrected chi connectivity index (χ1v) is 10.2.